The number of aromatic nitrogens is 8. The highest BCUT2D eigenvalue weighted by Gasteiger charge is 2.49. The Morgan fingerprint density at radius 3 is 1.28 bits per heavy atom. The molecular weight excluding hydrogens is 1700 g/mol. The summed E-state index contributed by atoms with van der Waals surface area (Å²) < 4.78 is 38.3. The lowest BCUT2D eigenvalue weighted by Gasteiger charge is -2.45. The van der Waals surface area contributed by atoms with Gasteiger partial charge in [0, 0.05) is 126 Å². The van der Waals surface area contributed by atoms with Gasteiger partial charge in [0.25, 0.3) is 16.7 Å². The summed E-state index contributed by atoms with van der Waals surface area (Å²) in [5.41, 5.74) is 19.4. The predicted octanol–water partition coefficient (Wildman–Crippen LogP) is 22.0. The molecular formula is C107H125N9O10S4. The van der Waals surface area contributed by atoms with Gasteiger partial charge < -0.3 is 33.3 Å². The zero-order valence-corrected chi connectivity index (χ0v) is 79.9. The summed E-state index contributed by atoms with van der Waals surface area (Å²) in [6.45, 7) is 22.2. The Bertz CT molecular complexity index is 5900. The fourth-order valence-corrected chi connectivity index (χ4v) is 24.6. The lowest BCUT2D eigenvalue weighted by Crippen LogP contribution is -2.47. The van der Waals surface area contributed by atoms with E-state index < -0.39 is 0 Å². The van der Waals surface area contributed by atoms with Crippen LogP contribution in [0.5, 0.6) is 23.1 Å². The van der Waals surface area contributed by atoms with E-state index in [0.717, 1.165) is 226 Å². The number of methoxy groups -OCH3 is 5. The molecule has 4 spiro atoms. The van der Waals surface area contributed by atoms with Crippen LogP contribution in [0.4, 0.5) is 0 Å². The average Bonchev–Trinajstić information content (AvgIpc) is 0.736. The van der Waals surface area contributed by atoms with Gasteiger partial charge in [-0.05, 0) is 159 Å². The largest absolute Gasteiger partial charge is 0.497 e. The van der Waals surface area contributed by atoms with Crippen molar-refractivity contribution in [3.8, 4) is 68.2 Å². The van der Waals surface area contributed by atoms with Crippen molar-refractivity contribution >= 4 is 53.0 Å². The topological polar surface area (TPSA) is 206 Å². The van der Waals surface area contributed by atoms with E-state index in [-0.39, 0.29) is 44.2 Å². The smallest absolute Gasteiger partial charge is 0.258 e. The minimum atomic E-state index is -0.206. The maximum absolute atomic E-state index is 14.1. The number of nitrogens with zero attached hydrogens (tertiary/aromatic N) is 9. The lowest BCUT2D eigenvalue weighted by molar-refractivity contribution is -0.133. The Hall–Kier alpha value is -10.0. The molecule has 6 aromatic carbocycles. The molecule has 4 aromatic heterocycles. The Labute approximate surface area is 783 Å². The number of ether oxygens (including phenoxy) is 6. The molecule has 18 rings (SSSR count). The van der Waals surface area contributed by atoms with Crippen molar-refractivity contribution in [3.05, 3.63) is 277 Å². The molecule has 10 aromatic rings. The van der Waals surface area contributed by atoms with Crippen molar-refractivity contribution in [3.63, 3.8) is 0 Å². The first kappa shape index (κ1) is 94.6. The van der Waals surface area contributed by atoms with E-state index >= 15 is 0 Å². The van der Waals surface area contributed by atoms with Crippen LogP contribution in [0.3, 0.4) is 0 Å². The summed E-state index contributed by atoms with van der Waals surface area (Å²) in [6.07, 6.45) is 32.4. The molecule has 0 unspecified atom stereocenters. The zero-order valence-electron chi connectivity index (χ0n) is 76.6. The first-order valence-electron chi connectivity index (χ1n) is 46.4. The van der Waals surface area contributed by atoms with Gasteiger partial charge in [-0.25, -0.2) is 19.9 Å². The van der Waals surface area contributed by atoms with Gasteiger partial charge in [0.15, 0.2) is 20.6 Å². The highest BCUT2D eigenvalue weighted by atomic mass is 32.2. The summed E-state index contributed by atoms with van der Waals surface area (Å²) in [7, 11) is 8.44. The van der Waals surface area contributed by atoms with Crippen LogP contribution in [0.1, 0.15) is 191 Å². The number of hydrogen-bond acceptors (Lipinski definition) is 19. The monoisotopic (exact) mass is 1820 g/mol. The van der Waals surface area contributed by atoms with E-state index in [1.807, 2.05) is 55.0 Å². The van der Waals surface area contributed by atoms with Gasteiger partial charge in [-0.15, -0.1) is 19.7 Å². The number of thioether (sulfide) groups is 4. The number of fused-ring (bicyclic) bond motifs is 16. The molecule has 1 aliphatic heterocycles. The van der Waals surface area contributed by atoms with Crippen molar-refractivity contribution in [2.24, 2.45) is 0 Å². The van der Waals surface area contributed by atoms with E-state index in [4.69, 9.17) is 53.3 Å². The van der Waals surface area contributed by atoms with Crippen molar-refractivity contribution in [1.29, 1.82) is 0 Å². The van der Waals surface area contributed by atoms with Crippen molar-refractivity contribution in [1.82, 2.24) is 43.5 Å². The van der Waals surface area contributed by atoms with Gasteiger partial charge >= 0.3 is 0 Å². The highest BCUT2D eigenvalue weighted by Crippen LogP contribution is 2.55. The van der Waals surface area contributed by atoms with Crippen molar-refractivity contribution in [2.45, 2.75) is 234 Å². The van der Waals surface area contributed by atoms with Gasteiger partial charge in [0.2, 0.25) is 11.8 Å². The number of unbranched alkanes of at least 4 members (excludes halogenated alkanes) is 1. The van der Waals surface area contributed by atoms with Gasteiger partial charge in [0.05, 0.1) is 74.0 Å². The zero-order chi connectivity index (χ0) is 90.8. The minimum Gasteiger partial charge on any atom is -0.497 e. The molecule has 1 saturated heterocycles. The molecule has 0 N–H and O–H groups in total. The highest BCUT2D eigenvalue weighted by molar-refractivity contribution is 7.99. The molecule has 3 saturated carbocycles. The van der Waals surface area contributed by atoms with Crippen LogP contribution in [0, 0.1) is 0 Å². The third-order valence-electron chi connectivity index (χ3n) is 27.5. The minimum absolute atomic E-state index is 0.0648. The molecule has 4 fully saturated rings. The van der Waals surface area contributed by atoms with Crippen LogP contribution in [-0.4, -0.2) is 129 Å². The lowest BCUT2D eigenvalue weighted by atomic mass is 9.62. The molecule has 8 aliphatic rings. The maximum atomic E-state index is 14.1. The second-order valence-corrected chi connectivity index (χ2v) is 39.6. The molecule has 1 amide bonds. The third-order valence-corrected chi connectivity index (χ3v) is 31.3. The Balaban J connectivity index is 0.000000133. The van der Waals surface area contributed by atoms with E-state index in [9.17, 15) is 19.2 Å². The molecule has 19 nitrogen and oxygen atoms in total. The third kappa shape index (κ3) is 20.5. The summed E-state index contributed by atoms with van der Waals surface area (Å²) >= 11 is 6.37. The summed E-state index contributed by atoms with van der Waals surface area (Å²) in [5, 5.41) is 2.96. The molecule has 23 heteroatoms. The van der Waals surface area contributed by atoms with E-state index in [0.29, 0.717) is 62.7 Å². The van der Waals surface area contributed by atoms with Gasteiger partial charge in [-0.2, -0.15) is 4.98 Å². The van der Waals surface area contributed by atoms with Gasteiger partial charge in [0.1, 0.15) is 23.9 Å². The first-order chi connectivity index (χ1) is 63.5. The van der Waals surface area contributed by atoms with Crippen molar-refractivity contribution in [2.75, 3.05) is 80.0 Å². The number of rotatable bonds is 29. The van der Waals surface area contributed by atoms with E-state index in [1.165, 1.54) is 85.6 Å². The quantitative estimate of drug-likeness (QED) is 0.0185. The Morgan fingerprint density at radius 2 is 0.831 bits per heavy atom. The molecule has 7 aliphatic carbocycles. The fourth-order valence-electron chi connectivity index (χ4n) is 21.1. The molecule has 0 radical (unpaired) electrons. The second-order valence-electron chi connectivity index (χ2n) is 35.6. The number of piperidine rings is 1. The van der Waals surface area contributed by atoms with Gasteiger partial charge in [-0.1, -0.05) is 246 Å². The van der Waals surface area contributed by atoms with Crippen LogP contribution in [-0.2, 0) is 92.8 Å². The van der Waals surface area contributed by atoms with Crippen LogP contribution in [0.25, 0.3) is 45.0 Å². The van der Waals surface area contributed by atoms with Crippen molar-refractivity contribution < 1.29 is 33.2 Å². The summed E-state index contributed by atoms with van der Waals surface area (Å²) in [5.74, 6) is 6.38. The summed E-state index contributed by atoms with van der Waals surface area (Å²) in [6, 6.07) is 47.8. The number of amides is 1. The molecule has 0 bridgehead atoms. The SMILES string of the molecule is C=CCOc1nc(SCCOC)nc2c1C1(CCN(C(=O)CCCC)CC1)Cc1cc(OC)ccc1-2.C=CCn1c(SCCOC)nc2c(c1=O)C1(CCCCC1)Cc1ccccc1-2.C=CCn1c(SCc2ccc(OC)cc2)nc2c(c1=O)C1(CCCCC1)Cc1ccccc1-2.C=CCn1c(SCc2cccc(OC)c2)nc2c(c1=O)C1(CCCCC1)Cc1ccccc1-2. The van der Waals surface area contributed by atoms with Crippen LogP contribution in [0.2, 0.25) is 0 Å². The first-order valence-corrected chi connectivity index (χ1v) is 50.4. The molecule has 5 heterocycles. The number of carbonyl (C=O) groups excluding carboxylic acids is 1. The standard InChI is InChI=1S/C28H37N3O4S.2C28H30N2O2S.C23H28N2O2S/c1-5-7-8-23(32)31-13-11-28(12-14-31)19-20-18-21(34-4)9-10-22(20)25-24(28)26(35-15-6-2)30-27(29-25)36-17-16-33-3;1-3-16-30-26(31)24-25(29-27(30)33-19-20-10-9-12-22(17-20)32-2)23-13-6-5-11-21(23)18-28(24)14-7-4-8-15-28;1-3-17-30-26(31)24-25(29-27(30)33-19-20-11-13-22(32-2)14-12-20)23-10-6-5-9-21(23)18-28(24)15-7-4-8-16-28;1-3-13-25-21(26)19-20(24-22(25)28-15-14-27-2)18-10-6-5-9-17(18)16-23(19)11-7-4-8-12-23/h6,9-10,18H,2,5,7-8,11-17,19H2,1,3-4H3;3,5-6,9-13,17H,1,4,7-8,14-16,18-19H2,2H3;3,5-6,9-14H,1,4,7-8,15-19H2,2H3;3,5-6,9-10H,1,4,7-8,11-16H2,2H3. The molecule has 682 valence electrons. The second kappa shape index (κ2) is 44.0. The summed E-state index contributed by atoms with van der Waals surface area (Å²) in [4.78, 5) is 82.1. The van der Waals surface area contributed by atoms with Crippen LogP contribution >= 0.6 is 47.0 Å². The number of likely N-dealkylation sites (tertiary alicyclic amines) is 1. The van der Waals surface area contributed by atoms with E-state index in [1.54, 1.807) is 107 Å². The Morgan fingerprint density at radius 1 is 0.415 bits per heavy atom. The average molecular weight is 1830 g/mol. The number of benzene rings is 6. The number of hydrogen-bond donors (Lipinski definition) is 0. The van der Waals surface area contributed by atoms with E-state index in [2.05, 4.69) is 136 Å². The fraction of sp³-hybridized carbons (Fsp3) is 0.430. The molecule has 0 atom stereocenters. The normalized spacial score (nSPS) is 16.3. The molecule has 130 heavy (non-hydrogen) atoms. The predicted molar refractivity (Wildman–Crippen MR) is 529 cm³/mol. The van der Waals surface area contributed by atoms with Gasteiger partial charge in [-0.3, -0.25) is 32.9 Å². The maximum Gasteiger partial charge on any atom is 0.258 e. The Kier molecular flexibility index (Phi) is 32.0. The number of carbonyl (C=O) groups is 1. The number of allylic oxidation sites excluding steroid dienone is 3. The van der Waals surface area contributed by atoms with Crippen LogP contribution < -0.4 is 35.6 Å². The van der Waals surface area contributed by atoms with Crippen LogP contribution in [0.15, 0.2) is 225 Å².